The van der Waals surface area contributed by atoms with Gasteiger partial charge in [-0.1, -0.05) is 63.6 Å². The first-order valence-corrected chi connectivity index (χ1v) is 13.2. The van der Waals surface area contributed by atoms with Crippen molar-refractivity contribution in [1.82, 2.24) is 4.98 Å². The molecular formula is C24H29NOSi. The smallest absolute Gasteiger partial charge is 0.129 e. The Labute approximate surface area is 165 Å². The van der Waals surface area contributed by atoms with Gasteiger partial charge in [-0.15, -0.1) is 5.54 Å². The molecule has 0 atom stereocenters. The van der Waals surface area contributed by atoms with Crippen LogP contribution in [-0.4, -0.2) is 19.7 Å². The third kappa shape index (κ3) is 8.62. The van der Waals surface area contributed by atoms with Gasteiger partial charge in [0.15, 0.2) is 0 Å². The zero-order valence-corrected chi connectivity index (χ0v) is 17.9. The molecule has 0 aliphatic rings. The Kier molecular flexibility index (Phi) is 8.18. The summed E-state index contributed by atoms with van der Waals surface area (Å²) in [7, 11) is -1.37. The summed E-state index contributed by atoms with van der Waals surface area (Å²) in [5.41, 5.74) is 5.99. The Hall–Kier alpha value is -2.49. The lowest BCUT2D eigenvalue weighted by atomic mass is 10.2. The molecule has 0 N–H and O–H groups in total. The van der Waals surface area contributed by atoms with E-state index in [1.165, 1.54) is 19.3 Å². The molecule has 27 heavy (non-hydrogen) atoms. The molecule has 0 bridgehead atoms. The van der Waals surface area contributed by atoms with E-state index in [0.717, 1.165) is 35.6 Å². The van der Waals surface area contributed by atoms with Gasteiger partial charge in [-0.2, -0.15) is 0 Å². The van der Waals surface area contributed by atoms with Gasteiger partial charge in [0.25, 0.3) is 0 Å². The molecule has 0 saturated heterocycles. The number of aromatic nitrogens is 1. The van der Waals surface area contributed by atoms with Gasteiger partial charge >= 0.3 is 0 Å². The van der Waals surface area contributed by atoms with Crippen molar-refractivity contribution in [3.8, 4) is 29.1 Å². The molecule has 0 fully saturated rings. The first-order chi connectivity index (χ1) is 13.0. The van der Waals surface area contributed by atoms with E-state index in [2.05, 4.69) is 54.9 Å². The van der Waals surface area contributed by atoms with Gasteiger partial charge in [0, 0.05) is 17.3 Å². The summed E-state index contributed by atoms with van der Waals surface area (Å²) in [5, 5.41) is 0. The van der Waals surface area contributed by atoms with E-state index in [-0.39, 0.29) is 0 Å². The van der Waals surface area contributed by atoms with Crippen molar-refractivity contribution >= 4 is 8.07 Å². The fourth-order valence-electron chi connectivity index (χ4n) is 2.29. The number of rotatable bonds is 6. The van der Waals surface area contributed by atoms with Crippen LogP contribution in [0.25, 0.3) is 0 Å². The monoisotopic (exact) mass is 375 g/mol. The average Bonchev–Trinajstić information content (AvgIpc) is 2.66. The maximum atomic E-state index is 5.76. The maximum absolute atomic E-state index is 5.76. The predicted octanol–water partition coefficient (Wildman–Crippen LogP) is 5.67. The molecule has 0 unspecified atom stereocenters. The summed E-state index contributed by atoms with van der Waals surface area (Å²) in [5.74, 6) is 10.4. The highest BCUT2D eigenvalue weighted by atomic mass is 28.3. The molecule has 1 aromatic carbocycles. The van der Waals surface area contributed by atoms with Gasteiger partial charge in [0.2, 0.25) is 0 Å². The first-order valence-electron chi connectivity index (χ1n) is 9.70. The summed E-state index contributed by atoms with van der Waals surface area (Å²) >= 11 is 0. The number of benzene rings is 1. The van der Waals surface area contributed by atoms with Crippen LogP contribution in [-0.2, 0) is 0 Å². The molecule has 140 valence electrons. The van der Waals surface area contributed by atoms with E-state index < -0.39 is 8.07 Å². The van der Waals surface area contributed by atoms with Crippen molar-refractivity contribution in [2.24, 2.45) is 0 Å². The highest BCUT2D eigenvalue weighted by molar-refractivity contribution is 6.83. The standard InChI is InChI=1S/C24H29NOSi/c1-5-6-7-8-18-26-24-15-12-21(13-16-24)9-10-22-11-14-23(25-20-22)17-19-27(2,3)4/h11-16,20H,5-8,18H2,1-4H3. The molecule has 0 aliphatic carbocycles. The van der Waals surface area contributed by atoms with Crippen molar-refractivity contribution in [2.75, 3.05) is 6.61 Å². The number of nitrogens with zero attached hydrogens (tertiary/aromatic N) is 1. The predicted molar refractivity (Wildman–Crippen MR) is 117 cm³/mol. The second-order valence-electron chi connectivity index (χ2n) is 7.62. The van der Waals surface area contributed by atoms with Gasteiger partial charge in [0.05, 0.1) is 6.61 Å². The fourth-order valence-corrected chi connectivity index (χ4v) is 2.79. The molecule has 1 heterocycles. The Balaban J connectivity index is 1.90. The van der Waals surface area contributed by atoms with Crippen LogP contribution in [0.4, 0.5) is 0 Å². The van der Waals surface area contributed by atoms with Crippen LogP contribution in [0.2, 0.25) is 19.6 Å². The summed E-state index contributed by atoms with van der Waals surface area (Å²) in [4.78, 5) is 4.39. The number of ether oxygens (including phenoxy) is 1. The van der Waals surface area contributed by atoms with Crippen LogP contribution < -0.4 is 4.74 Å². The number of hydrogen-bond acceptors (Lipinski definition) is 2. The van der Waals surface area contributed by atoms with Crippen molar-refractivity contribution in [1.29, 1.82) is 0 Å². The van der Waals surface area contributed by atoms with E-state index in [1.807, 2.05) is 36.4 Å². The minimum Gasteiger partial charge on any atom is -0.494 e. The summed E-state index contributed by atoms with van der Waals surface area (Å²) < 4.78 is 5.76. The fraction of sp³-hybridized carbons (Fsp3) is 0.375. The molecule has 2 rings (SSSR count). The Morgan fingerprint density at radius 2 is 1.56 bits per heavy atom. The van der Waals surface area contributed by atoms with Crippen LogP contribution in [0.1, 0.15) is 49.4 Å². The van der Waals surface area contributed by atoms with E-state index in [9.17, 15) is 0 Å². The zero-order chi connectivity index (χ0) is 19.5. The van der Waals surface area contributed by atoms with Crippen LogP contribution in [0.15, 0.2) is 42.6 Å². The number of unbranched alkanes of at least 4 members (excludes halogenated alkanes) is 3. The molecule has 2 aromatic rings. The molecule has 0 aliphatic heterocycles. The van der Waals surface area contributed by atoms with E-state index in [0.29, 0.717) is 0 Å². The summed E-state index contributed by atoms with van der Waals surface area (Å²) in [6.45, 7) is 9.67. The SMILES string of the molecule is CCCCCCOc1ccc(C#Cc2ccc(C#C[Si](C)(C)C)nc2)cc1. The molecule has 0 spiro atoms. The normalized spacial score (nSPS) is 10.4. The van der Waals surface area contributed by atoms with Crippen LogP contribution in [0.5, 0.6) is 5.75 Å². The zero-order valence-electron chi connectivity index (χ0n) is 16.9. The second-order valence-corrected chi connectivity index (χ2v) is 12.4. The van der Waals surface area contributed by atoms with Gasteiger partial charge in [-0.3, -0.25) is 0 Å². The lowest BCUT2D eigenvalue weighted by molar-refractivity contribution is 0.305. The third-order valence-electron chi connectivity index (χ3n) is 3.80. The molecule has 3 heteroatoms. The van der Waals surface area contributed by atoms with E-state index >= 15 is 0 Å². The number of pyridine rings is 1. The summed E-state index contributed by atoms with van der Waals surface area (Å²) in [6.07, 6.45) is 6.66. The van der Waals surface area contributed by atoms with Crippen LogP contribution >= 0.6 is 0 Å². The molecule has 0 radical (unpaired) electrons. The maximum Gasteiger partial charge on any atom is 0.129 e. The van der Waals surface area contributed by atoms with Gasteiger partial charge in [-0.05, 0) is 42.8 Å². The summed E-state index contributed by atoms with van der Waals surface area (Å²) in [6, 6.07) is 11.9. The lowest BCUT2D eigenvalue weighted by Crippen LogP contribution is -2.16. The topological polar surface area (TPSA) is 22.1 Å². The molecule has 0 amide bonds. The highest BCUT2D eigenvalue weighted by Gasteiger charge is 2.07. The van der Waals surface area contributed by atoms with Crippen molar-refractivity contribution in [3.63, 3.8) is 0 Å². The first kappa shape index (κ1) is 20.8. The quantitative estimate of drug-likeness (QED) is 0.369. The van der Waals surface area contributed by atoms with E-state index in [4.69, 9.17) is 4.74 Å². The molecule has 0 saturated carbocycles. The van der Waals surface area contributed by atoms with Crippen molar-refractivity contribution in [2.45, 2.75) is 52.2 Å². The lowest BCUT2D eigenvalue weighted by Gasteiger charge is -2.05. The molecule has 1 aromatic heterocycles. The van der Waals surface area contributed by atoms with Crippen molar-refractivity contribution < 1.29 is 4.74 Å². The van der Waals surface area contributed by atoms with Crippen LogP contribution in [0, 0.1) is 23.3 Å². The average molecular weight is 376 g/mol. The minimum absolute atomic E-state index is 0.781. The van der Waals surface area contributed by atoms with Crippen LogP contribution in [0.3, 0.4) is 0 Å². The Bertz CT molecular complexity index is 825. The largest absolute Gasteiger partial charge is 0.494 e. The second kappa shape index (κ2) is 10.6. The minimum atomic E-state index is -1.37. The Morgan fingerprint density at radius 3 is 2.19 bits per heavy atom. The van der Waals surface area contributed by atoms with Gasteiger partial charge in [0.1, 0.15) is 19.5 Å². The van der Waals surface area contributed by atoms with Gasteiger partial charge in [-0.25, -0.2) is 4.98 Å². The third-order valence-corrected chi connectivity index (χ3v) is 4.68. The highest BCUT2D eigenvalue weighted by Crippen LogP contribution is 2.12. The number of hydrogen-bond donors (Lipinski definition) is 0. The van der Waals surface area contributed by atoms with Gasteiger partial charge < -0.3 is 4.74 Å². The molecular weight excluding hydrogens is 346 g/mol. The molecule has 2 nitrogen and oxygen atoms in total. The van der Waals surface area contributed by atoms with E-state index in [1.54, 1.807) is 6.20 Å². The van der Waals surface area contributed by atoms with Crippen molar-refractivity contribution in [3.05, 3.63) is 59.4 Å². The Morgan fingerprint density at radius 1 is 0.852 bits per heavy atom.